The van der Waals surface area contributed by atoms with Crippen LogP contribution in [0.3, 0.4) is 0 Å². The summed E-state index contributed by atoms with van der Waals surface area (Å²) < 4.78 is 6.06. The fraction of sp³-hybridized carbons (Fsp3) is 0.368. The predicted octanol–water partition coefficient (Wildman–Crippen LogP) is 5.06. The number of hydrogen-bond donors (Lipinski definition) is 1. The summed E-state index contributed by atoms with van der Waals surface area (Å²) in [6.07, 6.45) is 0. The van der Waals surface area contributed by atoms with Crippen LogP contribution in [0.2, 0.25) is 0 Å². The van der Waals surface area contributed by atoms with Crippen molar-refractivity contribution in [2.75, 3.05) is 7.05 Å². The van der Waals surface area contributed by atoms with Gasteiger partial charge in [-0.15, -0.1) is 0 Å². The molecule has 0 aliphatic carbocycles. The van der Waals surface area contributed by atoms with Gasteiger partial charge in [0.2, 0.25) is 0 Å². The SMILES string of the molecule is CNC(C)c1ccccc1Oc1ccc(C(C)(C)C)cc1. The standard InChI is InChI=1S/C19H25NO/c1-14(20-5)17-8-6-7-9-18(17)21-16-12-10-15(11-13-16)19(2,3)4/h6-14,20H,1-5H3. The van der Waals surface area contributed by atoms with Gasteiger partial charge in [0.15, 0.2) is 0 Å². The molecule has 0 heterocycles. The predicted molar refractivity (Wildman–Crippen MR) is 89.1 cm³/mol. The maximum Gasteiger partial charge on any atom is 0.132 e. The van der Waals surface area contributed by atoms with E-state index in [-0.39, 0.29) is 11.5 Å². The Balaban J connectivity index is 2.23. The van der Waals surface area contributed by atoms with E-state index in [1.54, 1.807) is 0 Å². The summed E-state index contributed by atoms with van der Waals surface area (Å²) in [7, 11) is 1.96. The Bertz CT molecular complexity index is 581. The average Bonchev–Trinajstić information content (AvgIpc) is 2.46. The zero-order valence-electron chi connectivity index (χ0n) is 13.6. The Kier molecular flexibility index (Phi) is 4.69. The zero-order valence-corrected chi connectivity index (χ0v) is 13.6. The minimum atomic E-state index is 0.164. The van der Waals surface area contributed by atoms with E-state index in [1.807, 2.05) is 37.4 Å². The van der Waals surface area contributed by atoms with Crippen molar-refractivity contribution in [1.29, 1.82) is 0 Å². The van der Waals surface area contributed by atoms with Crippen LogP contribution in [0.15, 0.2) is 48.5 Å². The van der Waals surface area contributed by atoms with Crippen LogP contribution >= 0.6 is 0 Å². The van der Waals surface area contributed by atoms with Crippen molar-refractivity contribution in [1.82, 2.24) is 5.32 Å². The fourth-order valence-corrected chi connectivity index (χ4v) is 2.24. The quantitative estimate of drug-likeness (QED) is 0.847. The second kappa shape index (κ2) is 6.31. The molecule has 0 saturated heterocycles. The third kappa shape index (κ3) is 3.85. The summed E-state index contributed by atoms with van der Waals surface area (Å²) in [6, 6.07) is 16.8. The van der Waals surface area contributed by atoms with Gasteiger partial charge in [-0.2, -0.15) is 0 Å². The Morgan fingerprint density at radius 2 is 1.57 bits per heavy atom. The number of para-hydroxylation sites is 1. The maximum atomic E-state index is 6.06. The molecule has 0 bridgehead atoms. The molecule has 0 radical (unpaired) electrons. The maximum absolute atomic E-state index is 6.06. The molecule has 1 N–H and O–H groups in total. The lowest BCUT2D eigenvalue weighted by Gasteiger charge is -2.20. The van der Waals surface area contributed by atoms with Gasteiger partial charge in [0.05, 0.1) is 0 Å². The minimum absolute atomic E-state index is 0.164. The van der Waals surface area contributed by atoms with E-state index in [9.17, 15) is 0 Å². The second-order valence-corrected chi connectivity index (χ2v) is 6.42. The van der Waals surface area contributed by atoms with Crippen molar-refractivity contribution in [3.05, 3.63) is 59.7 Å². The Morgan fingerprint density at radius 3 is 2.14 bits per heavy atom. The van der Waals surface area contributed by atoms with Gasteiger partial charge in [-0.05, 0) is 43.1 Å². The summed E-state index contributed by atoms with van der Waals surface area (Å²) >= 11 is 0. The molecule has 2 aromatic rings. The molecule has 0 saturated carbocycles. The van der Waals surface area contributed by atoms with Gasteiger partial charge in [0, 0.05) is 11.6 Å². The van der Waals surface area contributed by atoms with Crippen LogP contribution in [0.4, 0.5) is 0 Å². The molecule has 0 aromatic heterocycles. The third-order valence-electron chi connectivity index (χ3n) is 3.77. The smallest absolute Gasteiger partial charge is 0.132 e. The molecule has 0 spiro atoms. The number of rotatable bonds is 4. The molecule has 2 aromatic carbocycles. The molecule has 0 fully saturated rings. The normalized spacial score (nSPS) is 13.0. The lowest BCUT2D eigenvalue weighted by atomic mass is 9.87. The van der Waals surface area contributed by atoms with Crippen molar-refractivity contribution in [3.8, 4) is 11.5 Å². The van der Waals surface area contributed by atoms with Crippen molar-refractivity contribution in [2.24, 2.45) is 0 Å². The highest BCUT2D eigenvalue weighted by Crippen LogP contribution is 2.31. The number of benzene rings is 2. The minimum Gasteiger partial charge on any atom is -0.457 e. The largest absolute Gasteiger partial charge is 0.457 e. The van der Waals surface area contributed by atoms with E-state index in [4.69, 9.17) is 4.74 Å². The van der Waals surface area contributed by atoms with Gasteiger partial charge in [-0.25, -0.2) is 0 Å². The molecule has 2 heteroatoms. The summed E-state index contributed by atoms with van der Waals surface area (Å²) in [4.78, 5) is 0. The molecule has 0 aliphatic rings. The molecular formula is C19H25NO. The van der Waals surface area contributed by atoms with Gasteiger partial charge in [-0.3, -0.25) is 0 Å². The second-order valence-electron chi connectivity index (χ2n) is 6.42. The van der Waals surface area contributed by atoms with Crippen LogP contribution in [-0.4, -0.2) is 7.05 Å². The molecule has 2 rings (SSSR count). The number of ether oxygens (including phenoxy) is 1. The molecule has 112 valence electrons. The Morgan fingerprint density at radius 1 is 0.952 bits per heavy atom. The lowest BCUT2D eigenvalue weighted by Crippen LogP contribution is -2.13. The van der Waals surface area contributed by atoms with Crippen molar-refractivity contribution < 1.29 is 4.74 Å². The van der Waals surface area contributed by atoms with E-state index in [2.05, 4.69) is 51.2 Å². The van der Waals surface area contributed by atoms with Crippen LogP contribution in [0.1, 0.15) is 44.9 Å². The Hall–Kier alpha value is -1.80. The molecule has 21 heavy (non-hydrogen) atoms. The first-order valence-electron chi connectivity index (χ1n) is 7.46. The fourth-order valence-electron chi connectivity index (χ4n) is 2.24. The van der Waals surface area contributed by atoms with Crippen LogP contribution in [0, 0.1) is 0 Å². The summed E-state index contributed by atoms with van der Waals surface area (Å²) in [6.45, 7) is 8.77. The van der Waals surface area contributed by atoms with Crippen LogP contribution in [-0.2, 0) is 5.41 Å². The molecule has 2 nitrogen and oxygen atoms in total. The molecule has 1 unspecified atom stereocenters. The third-order valence-corrected chi connectivity index (χ3v) is 3.77. The van der Waals surface area contributed by atoms with Gasteiger partial charge in [0.25, 0.3) is 0 Å². The summed E-state index contributed by atoms with van der Waals surface area (Å²) in [5.41, 5.74) is 2.64. The molecule has 1 atom stereocenters. The highest BCUT2D eigenvalue weighted by Gasteiger charge is 2.14. The molecular weight excluding hydrogens is 258 g/mol. The van der Waals surface area contributed by atoms with E-state index in [0.717, 1.165) is 11.5 Å². The van der Waals surface area contributed by atoms with Crippen molar-refractivity contribution in [3.63, 3.8) is 0 Å². The van der Waals surface area contributed by atoms with Crippen LogP contribution in [0.25, 0.3) is 0 Å². The summed E-state index contributed by atoms with van der Waals surface area (Å²) in [5.74, 6) is 1.78. The highest BCUT2D eigenvalue weighted by molar-refractivity contribution is 5.40. The van der Waals surface area contributed by atoms with Gasteiger partial charge in [0.1, 0.15) is 11.5 Å². The van der Waals surface area contributed by atoms with Crippen molar-refractivity contribution in [2.45, 2.75) is 39.2 Å². The first-order valence-corrected chi connectivity index (χ1v) is 7.46. The zero-order chi connectivity index (χ0) is 15.5. The first kappa shape index (κ1) is 15.6. The summed E-state index contributed by atoms with van der Waals surface area (Å²) in [5, 5.41) is 3.26. The van der Waals surface area contributed by atoms with Gasteiger partial charge >= 0.3 is 0 Å². The topological polar surface area (TPSA) is 21.3 Å². The monoisotopic (exact) mass is 283 g/mol. The van der Waals surface area contributed by atoms with E-state index >= 15 is 0 Å². The number of hydrogen-bond acceptors (Lipinski definition) is 2. The van der Waals surface area contributed by atoms with Crippen molar-refractivity contribution >= 4 is 0 Å². The first-order chi connectivity index (χ1) is 9.91. The van der Waals surface area contributed by atoms with E-state index in [1.165, 1.54) is 11.1 Å². The van der Waals surface area contributed by atoms with E-state index in [0.29, 0.717) is 0 Å². The van der Waals surface area contributed by atoms with E-state index < -0.39 is 0 Å². The lowest BCUT2D eigenvalue weighted by molar-refractivity contribution is 0.465. The van der Waals surface area contributed by atoms with Gasteiger partial charge in [-0.1, -0.05) is 51.1 Å². The molecule has 0 amide bonds. The Labute approximate surface area is 128 Å². The average molecular weight is 283 g/mol. The number of nitrogens with one attached hydrogen (secondary N) is 1. The van der Waals surface area contributed by atoms with Gasteiger partial charge < -0.3 is 10.1 Å². The van der Waals surface area contributed by atoms with Crippen LogP contribution in [0.5, 0.6) is 11.5 Å². The highest BCUT2D eigenvalue weighted by atomic mass is 16.5. The molecule has 0 aliphatic heterocycles. The van der Waals surface area contributed by atoms with Crippen LogP contribution < -0.4 is 10.1 Å².